The van der Waals surface area contributed by atoms with E-state index in [2.05, 4.69) is 14.7 Å². The summed E-state index contributed by atoms with van der Waals surface area (Å²) in [6, 6.07) is 36.4. The number of anilines is 2. The van der Waals surface area contributed by atoms with E-state index in [4.69, 9.17) is 42.6 Å². The number of carboxylic acid groups (broad SMARTS) is 4. The molecule has 27 nitrogen and oxygen atoms in total. The van der Waals surface area contributed by atoms with Crippen LogP contribution in [0.5, 0.6) is 34.5 Å². The Morgan fingerprint density at radius 1 is 0.383 bits per heavy atom. The maximum atomic E-state index is 12.3. The van der Waals surface area contributed by atoms with Crippen LogP contribution in [0.2, 0.25) is 0 Å². The van der Waals surface area contributed by atoms with Crippen molar-refractivity contribution in [2.24, 2.45) is 0 Å². The molecule has 8 aromatic rings. The summed E-state index contributed by atoms with van der Waals surface area (Å²) in [5, 5.41) is 46.3. The average molecular weight is 1420 g/mol. The van der Waals surface area contributed by atoms with Crippen LogP contribution in [0.25, 0.3) is 44.3 Å². The Balaban J connectivity index is 0.000000887. The Morgan fingerprint density at radius 2 is 0.755 bits per heavy atom. The zero-order valence-corrected chi connectivity index (χ0v) is 68.7. The van der Waals surface area contributed by atoms with Crippen LogP contribution in [-0.4, -0.2) is 157 Å². The van der Waals surface area contributed by atoms with Crippen molar-refractivity contribution in [3.8, 4) is 57.0 Å². The smallest absolute Gasteiger partial charge is 0.870 e. The Labute approximate surface area is 751 Å². The first-order valence-electron chi connectivity index (χ1n) is 26.5. The van der Waals surface area contributed by atoms with E-state index in [1.54, 1.807) is 97.1 Å². The number of aromatic carboxylic acids is 1. The Hall–Kier alpha value is -3.30. The van der Waals surface area contributed by atoms with E-state index in [1.807, 2.05) is 12.1 Å². The number of aromatic nitrogens is 2. The number of aromatic amines is 2. The second-order valence-electron chi connectivity index (χ2n) is 18.5. The van der Waals surface area contributed by atoms with Crippen molar-refractivity contribution < 1.29 is 369 Å². The molecule has 0 unspecified atom stereocenters. The first-order valence-corrected chi connectivity index (χ1v) is 26.5. The minimum atomic E-state index is -1.53. The number of H-pyrrole nitrogens is 2. The molecular formula is C62H57K5N4O23. The van der Waals surface area contributed by atoms with Crippen LogP contribution in [0.4, 0.5) is 11.4 Å². The maximum absolute atomic E-state index is 12.3. The van der Waals surface area contributed by atoms with Gasteiger partial charge in [-0.25, -0.2) is 9.59 Å². The van der Waals surface area contributed by atoms with E-state index in [9.17, 15) is 58.8 Å². The molecule has 0 atom stereocenters. The molecule has 32 heteroatoms. The molecule has 2 heterocycles. The number of rotatable bonds is 30. The molecule has 0 aliphatic heterocycles. The van der Waals surface area contributed by atoms with E-state index in [-0.39, 0.29) is 337 Å². The molecule has 468 valence electrons. The van der Waals surface area contributed by atoms with Crippen LogP contribution >= 0.6 is 0 Å². The van der Waals surface area contributed by atoms with Crippen LogP contribution < -0.4 is 316 Å². The third-order valence-electron chi connectivity index (χ3n) is 12.7. The van der Waals surface area contributed by atoms with Crippen molar-refractivity contribution in [3.05, 3.63) is 145 Å². The normalized spacial score (nSPS) is 9.91. The number of carbonyl (C=O) groups is 8. The second-order valence-corrected chi connectivity index (χ2v) is 18.5. The van der Waals surface area contributed by atoms with Crippen molar-refractivity contribution >= 4 is 80.9 Å². The van der Waals surface area contributed by atoms with Crippen LogP contribution in [0.3, 0.4) is 0 Å². The number of fused-ring (bicyclic) bond motifs is 2. The number of para-hydroxylation sites is 4. The minimum absolute atomic E-state index is 0. The number of nitrogens with one attached hydrogen (secondary N) is 2. The Kier molecular flexibility index (Phi) is 42.8. The fourth-order valence-corrected chi connectivity index (χ4v) is 8.57. The van der Waals surface area contributed by atoms with Crippen LogP contribution in [-0.2, 0) is 47.7 Å². The van der Waals surface area contributed by atoms with E-state index >= 15 is 0 Å². The number of carboxylic acids is 4. The molecule has 0 spiro atoms. The van der Waals surface area contributed by atoms with Crippen molar-refractivity contribution in [2.75, 3.05) is 104 Å². The molecule has 0 radical (unpaired) electrons. The van der Waals surface area contributed by atoms with Crippen LogP contribution in [0.15, 0.2) is 133 Å². The van der Waals surface area contributed by atoms with Crippen LogP contribution in [0.1, 0.15) is 20.7 Å². The predicted molar refractivity (Wildman–Crippen MR) is 306 cm³/mol. The molecule has 8 rings (SSSR count). The first-order chi connectivity index (χ1) is 42.4. The molecule has 0 aliphatic rings. The fourth-order valence-electron chi connectivity index (χ4n) is 8.57. The van der Waals surface area contributed by atoms with Gasteiger partial charge in [-0.15, -0.1) is 0 Å². The minimum Gasteiger partial charge on any atom is -0.870 e. The number of esters is 4. The monoisotopic (exact) mass is 1420 g/mol. The maximum Gasteiger partial charge on any atom is 1.00 e. The number of methoxy groups -OCH3 is 4. The number of hydrogen-bond donors (Lipinski definition) is 2. The number of ether oxygens (including phenoxy) is 10. The molecule has 0 bridgehead atoms. The Morgan fingerprint density at radius 3 is 1.14 bits per heavy atom. The topological polar surface area (TPSA) is 389 Å². The molecule has 6 aromatic carbocycles. The van der Waals surface area contributed by atoms with E-state index in [1.165, 1.54) is 57.6 Å². The molecule has 2 aromatic heterocycles. The summed E-state index contributed by atoms with van der Waals surface area (Å²) >= 11 is 0. The number of aliphatic carboxylic acids is 3. The van der Waals surface area contributed by atoms with Gasteiger partial charge in [0, 0.05) is 44.3 Å². The third kappa shape index (κ3) is 27.1. The van der Waals surface area contributed by atoms with Crippen molar-refractivity contribution in [2.45, 2.75) is 0 Å². The summed E-state index contributed by atoms with van der Waals surface area (Å²) < 4.78 is 53.4. The van der Waals surface area contributed by atoms with Gasteiger partial charge in [-0.05, 0) is 84.4 Å². The van der Waals surface area contributed by atoms with Gasteiger partial charge in [0.25, 0.3) is 0 Å². The number of carbonyl (C=O) groups excluding carboxylic acids is 8. The van der Waals surface area contributed by atoms with Crippen molar-refractivity contribution in [3.63, 3.8) is 0 Å². The molecule has 0 fully saturated rings. The average Bonchev–Trinajstić information content (AvgIpc) is 1.60. The molecule has 3 N–H and O–H groups in total. The van der Waals surface area contributed by atoms with Gasteiger partial charge < -0.3 is 112 Å². The van der Waals surface area contributed by atoms with E-state index in [0.717, 1.165) is 27.1 Å². The van der Waals surface area contributed by atoms with Gasteiger partial charge in [-0.3, -0.25) is 9.59 Å². The fraction of sp³-hybridized carbons (Fsp3) is 0.226. The van der Waals surface area contributed by atoms with Gasteiger partial charge in [0.1, 0.15) is 57.6 Å². The molecule has 0 saturated heterocycles. The molecule has 0 aliphatic carbocycles. The van der Waals surface area contributed by atoms with Crippen molar-refractivity contribution in [1.82, 2.24) is 9.97 Å². The summed E-state index contributed by atoms with van der Waals surface area (Å²) in [6.07, 6.45) is 0. The van der Waals surface area contributed by atoms with Gasteiger partial charge in [0.2, 0.25) is 0 Å². The number of benzene rings is 6. The zero-order valence-electron chi connectivity index (χ0n) is 53.1. The zero-order chi connectivity index (χ0) is 63.3. The first kappa shape index (κ1) is 88.7. The summed E-state index contributed by atoms with van der Waals surface area (Å²) in [5.41, 5.74) is 4.80. The van der Waals surface area contributed by atoms with Gasteiger partial charge in [0.15, 0.2) is 29.6 Å². The summed E-state index contributed by atoms with van der Waals surface area (Å²) in [7, 11) is 5.10. The summed E-state index contributed by atoms with van der Waals surface area (Å²) in [6.45, 7) is -2.99. The number of hydrogen-bond acceptors (Lipinski definition) is 25. The SMILES string of the molecule is COC(=O)COc1ccccc1OCCOc1cc(-c2cc3ccc(C(=O)OC)cc3[nH]2)ccc1N(CC(=O)OC)CC(=O)OC.O=C([O-])COc1ccccc1OCCOc1cc(-c2cc3ccc(C(=O)[O-])cc3[nH]2)ccc1N(CC(=O)[O-])CC(=O)[O-].[K+].[K+].[K+].[K+].[K+].[OH-]. The third-order valence-corrected chi connectivity index (χ3v) is 12.7. The standard InChI is InChI=1S/C33H34N2O11.C29H26N2O11.5K.H2O/c1-40-30(36)18-35(19-31(37)41-2)26-12-11-22(24-15-21-9-10-23(33(39)43-4)16-25(21)34-24)17-29(26)45-14-13-44-27-7-5-6-8-28(27)46-20-32(38)42-3;32-26(33)14-31(15-27(34)35)22-8-7-18(20-11-17-5-6-19(29(38)39)12-21(17)30-20)13-25(22)41-10-9-40-23-3-1-2-4-24(23)42-16-28(36)37;;;;;;/h5-12,15-17,34H,13-14,18-20H2,1-4H3;1-8,11-13,30H,9-10,14-16H2,(H,32,33)(H,34,35)(H,36,37)(H,38,39);;;;;;1H2/q;;5*+1;/p-5. The van der Waals surface area contributed by atoms with Crippen LogP contribution in [0, 0.1) is 0 Å². The quantitative estimate of drug-likeness (QED) is 0.0183. The van der Waals surface area contributed by atoms with Gasteiger partial charge >= 0.3 is 281 Å². The predicted octanol–water partition coefficient (Wildman–Crippen LogP) is -13.3. The van der Waals surface area contributed by atoms with E-state index in [0.29, 0.717) is 50.7 Å². The molecule has 94 heavy (non-hydrogen) atoms. The van der Waals surface area contributed by atoms with E-state index < -0.39 is 67.5 Å². The largest absolute Gasteiger partial charge is 1.00 e. The summed E-state index contributed by atoms with van der Waals surface area (Å²) in [4.78, 5) is 102. The van der Waals surface area contributed by atoms with Gasteiger partial charge in [0.05, 0.1) is 82.3 Å². The molecule has 0 saturated carbocycles. The molecular weight excluding hydrogens is 1360 g/mol. The Bertz CT molecular complexity index is 3810. The van der Waals surface area contributed by atoms with Crippen molar-refractivity contribution in [1.29, 1.82) is 0 Å². The van der Waals surface area contributed by atoms with Gasteiger partial charge in [-0.2, -0.15) is 0 Å². The second kappa shape index (κ2) is 45.4. The van der Waals surface area contributed by atoms with Gasteiger partial charge in [-0.1, -0.05) is 54.6 Å². The molecule has 0 amide bonds. The summed E-state index contributed by atoms with van der Waals surface area (Å²) in [5.74, 6) is -6.31. The number of nitrogens with zero attached hydrogens (tertiary/aromatic N) is 2.